The van der Waals surface area contributed by atoms with Gasteiger partial charge in [-0.25, -0.2) is 0 Å². The first-order valence-corrected chi connectivity index (χ1v) is 13.8. The van der Waals surface area contributed by atoms with E-state index in [1.54, 1.807) is 36.9 Å². The van der Waals surface area contributed by atoms with E-state index in [0.29, 0.717) is 42.6 Å². The quantitative estimate of drug-likeness (QED) is 0.392. The molecule has 1 aliphatic heterocycles. The van der Waals surface area contributed by atoms with Crippen molar-refractivity contribution in [3.63, 3.8) is 0 Å². The number of nitriles is 1. The van der Waals surface area contributed by atoms with E-state index in [1.165, 1.54) is 11.1 Å². The molecule has 39 heavy (non-hydrogen) atoms. The van der Waals surface area contributed by atoms with Crippen LogP contribution in [0, 0.1) is 18.3 Å². The molecule has 2 fully saturated rings. The molecule has 2 aromatic carbocycles. The molecule has 202 valence electrons. The maximum atomic E-state index is 13.6. The fourth-order valence-corrected chi connectivity index (χ4v) is 5.39. The highest BCUT2D eigenvalue weighted by Gasteiger charge is 2.37. The minimum atomic E-state index is -0.603. The van der Waals surface area contributed by atoms with Crippen LogP contribution in [0.5, 0.6) is 0 Å². The zero-order valence-electron chi connectivity index (χ0n) is 22.3. The van der Waals surface area contributed by atoms with Crippen LogP contribution >= 0.6 is 0 Å². The molecular weight excluding hydrogens is 490 g/mol. The van der Waals surface area contributed by atoms with Crippen molar-refractivity contribution in [1.82, 2.24) is 30.3 Å². The summed E-state index contributed by atoms with van der Waals surface area (Å²) in [5, 5.41) is 23.5. The number of carbonyl (C=O) groups excluding carboxylic acids is 2. The molecule has 1 aliphatic carbocycles. The van der Waals surface area contributed by atoms with Gasteiger partial charge in [-0.15, -0.1) is 10.2 Å². The number of aryl methyl sites for hydroxylation is 1. The van der Waals surface area contributed by atoms with E-state index < -0.39 is 6.04 Å². The lowest BCUT2D eigenvalue weighted by atomic mass is 10.0. The van der Waals surface area contributed by atoms with Gasteiger partial charge < -0.3 is 20.1 Å². The van der Waals surface area contributed by atoms with Gasteiger partial charge >= 0.3 is 0 Å². The Morgan fingerprint density at radius 1 is 1.05 bits per heavy atom. The lowest BCUT2D eigenvalue weighted by molar-refractivity contribution is -0.134. The number of rotatable bonds is 10. The summed E-state index contributed by atoms with van der Waals surface area (Å²) in [5.74, 6) is 0.209. The van der Waals surface area contributed by atoms with Crippen LogP contribution in [0.25, 0.3) is 0 Å². The van der Waals surface area contributed by atoms with E-state index in [2.05, 4.69) is 58.1 Å². The molecule has 1 saturated heterocycles. The Kier molecular flexibility index (Phi) is 8.33. The number of aromatic nitrogens is 3. The van der Waals surface area contributed by atoms with E-state index >= 15 is 0 Å². The number of nitrogens with one attached hydrogen (secondary N) is 2. The first-order chi connectivity index (χ1) is 19.0. The Bertz CT molecular complexity index is 1290. The maximum absolute atomic E-state index is 13.6. The summed E-state index contributed by atoms with van der Waals surface area (Å²) < 4.78 is 2.00. The van der Waals surface area contributed by atoms with Crippen LogP contribution in [0.4, 0.5) is 0 Å². The molecular formula is C30H35N7O2. The summed E-state index contributed by atoms with van der Waals surface area (Å²) in [4.78, 5) is 28.5. The van der Waals surface area contributed by atoms with Crippen molar-refractivity contribution in [3.8, 4) is 6.07 Å². The molecule has 0 spiro atoms. The van der Waals surface area contributed by atoms with Crippen molar-refractivity contribution in [1.29, 1.82) is 5.26 Å². The summed E-state index contributed by atoms with van der Waals surface area (Å²) in [6.45, 7) is 4.15. The number of hydrogen-bond acceptors (Lipinski definition) is 6. The van der Waals surface area contributed by atoms with Gasteiger partial charge in [0, 0.05) is 36.7 Å². The minimum Gasteiger partial charge on any atom is -0.341 e. The number of piperidine rings is 1. The van der Waals surface area contributed by atoms with Crippen molar-refractivity contribution in [2.75, 3.05) is 19.6 Å². The number of benzene rings is 2. The van der Waals surface area contributed by atoms with E-state index in [-0.39, 0.29) is 17.9 Å². The zero-order chi connectivity index (χ0) is 27.2. The van der Waals surface area contributed by atoms with Gasteiger partial charge in [-0.05, 0) is 75.4 Å². The maximum Gasteiger partial charge on any atom is 0.251 e. The second-order valence-electron chi connectivity index (χ2n) is 10.6. The Balaban J connectivity index is 1.16. The second kappa shape index (κ2) is 12.2. The zero-order valence-corrected chi connectivity index (χ0v) is 22.3. The molecule has 0 bridgehead atoms. The highest BCUT2D eigenvalue weighted by atomic mass is 16.2. The van der Waals surface area contributed by atoms with Gasteiger partial charge in [-0.2, -0.15) is 5.26 Å². The third kappa shape index (κ3) is 6.70. The lowest BCUT2D eigenvalue weighted by Gasteiger charge is -2.34. The van der Waals surface area contributed by atoms with Gasteiger partial charge in [0.05, 0.1) is 11.6 Å². The molecule has 2 N–H and O–H groups in total. The molecule has 2 amide bonds. The molecule has 1 saturated carbocycles. The van der Waals surface area contributed by atoms with Crippen LogP contribution in [0.15, 0.2) is 61.2 Å². The van der Waals surface area contributed by atoms with Crippen molar-refractivity contribution in [2.24, 2.45) is 0 Å². The van der Waals surface area contributed by atoms with E-state index in [0.717, 1.165) is 32.2 Å². The fourth-order valence-electron chi connectivity index (χ4n) is 5.39. The number of amides is 2. The molecule has 0 radical (unpaired) electrons. The Labute approximate surface area is 229 Å². The van der Waals surface area contributed by atoms with Gasteiger partial charge in [0.1, 0.15) is 18.7 Å². The summed E-state index contributed by atoms with van der Waals surface area (Å²) >= 11 is 0. The molecule has 9 heteroatoms. The highest BCUT2D eigenvalue weighted by Crippen LogP contribution is 2.40. The first-order valence-electron chi connectivity index (χ1n) is 13.8. The van der Waals surface area contributed by atoms with E-state index in [4.69, 9.17) is 5.26 Å². The fraction of sp³-hybridized carbons (Fsp3) is 0.433. The molecule has 1 aromatic heterocycles. The molecule has 5 rings (SSSR count). The van der Waals surface area contributed by atoms with E-state index in [1.807, 2.05) is 9.47 Å². The van der Waals surface area contributed by atoms with Gasteiger partial charge in [0.25, 0.3) is 5.91 Å². The standard InChI is InChI=1S/C30H35N7O2/c1-21-4-8-23(9-5-21)26-17-28(26)32-14-2-3-27(35-29(38)24-10-6-22(18-31)7-11-24)30(39)36-15-12-25(13-16-36)37-19-33-34-20-37/h4-11,19-20,25-28,32H,2-3,12-17H2,1H3,(H,35,38)/t26-,27-,28+/m0/s1. The number of hydrogen-bond donors (Lipinski definition) is 2. The number of nitrogens with zero attached hydrogens (tertiary/aromatic N) is 5. The van der Waals surface area contributed by atoms with Crippen LogP contribution in [-0.4, -0.2) is 63.2 Å². The normalized spacial score (nSPS) is 19.7. The summed E-state index contributed by atoms with van der Waals surface area (Å²) in [5.41, 5.74) is 3.57. The monoisotopic (exact) mass is 525 g/mol. The molecule has 9 nitrogen and oxygen atoms in total. The molecule has 3 aromatic rings. The van der Waals surface area contributed by atoms with Crippen molar-refractivity contribution >= 4 is 11.8 Å². The molecule has 3 atom stereocenters. The third-order valence-corrected chi connectivity index (χ3v) is 7.89. The van der Waals surface area contributed by atoms with Crippen LogP contribution in [0.1, 0.15) is 71.1 Å². The first kappa shape index (κ1) is 26.6. The third-order valence-electron chi connectivity index (χ3n) is 7.89. The number of likely N-dealkylation sites (tertiary alicyclic amines) is 1. The SMILES string of the molecule is Cc1ccc([C@@H]2C[C@H]2NCCC[C@H](NC(=O)c2ccc(C#N)cc2)C(=O)N2CCC(n3cnnc3)CC2)cc1. The Hall–Kier alpha value is -4.03. The predicted molar refractivity (Wildman–Crippen MR) is 147 cm³/mol. The van der Waals surface area contributed by atoms with Crippen molar-refractivity contribution < 1.29 is 9.59 Å². The van der Waals surface area contributed by atoms with Crippen molar-refractivity contribution in [3.05, 3.63) is 83.4 Å². The van der Waals surface area contributed by atoms with Crippen LogP contribution in [0.3, 0.4) is 0 Å². The average molecular weight is 526 g/mol. The minimum absolute atomic E-state index is 0.0387. The average Bonchev–Trinajstić information content (AvgIpc) is 3.53. The lowest BCUT2D eigenvalue weighted by Crippen LogP contribution is -2.51. The summed E-state index contributed by atoms with van der Waals surface area (Å²) in [7, 11) is 0. The van der Waals surface area contributed by atoms with Gasteiger partial charge in [0.2, 0.25) is 5.91 Å². The predicted octanol–water partition coefficient (Wildman–Crippen LogP) is 3.35. The highest BCUT2D eigenvalue weighted by molar-refractivity contribution is 5.97. The van der Waals surface area contributed by atoms with E-state index in [9.17, 15) is 9.59 Å². The Morgan fingerprint density at radius 2 is 1.74 bits per heavy atom. The van der Waals surface area contributed by atoms with Gasteiger partial charge in [0.15, 0.2) is 0 Å². The molecule has 2 heterocycles. The number of carbonyl (C=O) groups is 2. The molecule has 2 aliphatic rings. The topological polar surface area (TPSA) is 116 Å². The largest absolute Gasteiger partial charge is 0.341 e. The van der Waals surface area contributed by atoms with Gasteiger partial charge in [-0.3, -0.25) is 9.59 Å². The van der Waals surface area contributed by atoms with Gasteiger partial charge in [-0.1, -0.05) is 29.8 Å². The van der Waals surface area contributed by atoms with Crippen LogP contribution in [-0.2, 0) is 4.79 Å². The van der Waals surface area contributed by atoms with Crippen LogP contribution in [0.2, 0.25) is 0 Å². The smallest absolute Gasteiger partial charge is 0.251 e. The molecule has 0 unspecified atom stereocenters. The second-order valence-corrected chi connectivity index (χ2v) is 10.6. The summed E-state index contributed by atoms with van der Waals surface area (Å²) in [6, 6.07) is 17.4. The summed E-state index contributed by atoms with van der Waals surface area (Å²) in [6.07, 6.45) is 7.55. The van der Waals surface area contributed by atoms with Crippen molar-refractivity contribution in [2.45, 2.75) is 63.1 Å². The van der Waals surface area contributed by atoms with Crippen LogP contribution < -0.4 is 10.6 Å². The Morgan fingerprint density at radius 3 is 2.41 bits per heavy atom.